The van der Waals surface area contributed by atoms with Gasteiger partial charge in [0.2, 0.25) is 0 Å². The zero-order valence-corrected chi connectivity index (χ0v) is 11.1. The molecule has 0 radical (unpaired) electrons. The van der Waals surface area contributed by atoms with E-state index in [1.807, 2.05) is 26.2 Å². The quantitative estimate of drug-likeness (QED) is 0.786. The van der Waals surface area contributed by atoms with Crippen molar-refractivity contribution in [1.29, 1.82) is 0 Å². The molecule has 2 N–H and O–H groups in total. The highest BCUT2D eigenvalue weighted by Gasteiger charge is 2.04. The van der Waals surface area contributed by atoms with Gasteiger partial charge >= 0.3 is 0 Å². The van der Waals surface area contributed by atoms with Crippen molar-refractivity contribution in [2.24, 2.45) is 5.73 Å². The van der Waals surface area contributed by atoms with Crippen molar-refractivity contribution < 1.29 is 4.74 Å². The Morgan fingerprint density at radius 2 is 2.12 bits per heavy atom. The first-order chi connectivity index (χ1) is 8.11. The van der Waals surface area contributed by atoms with Crippen LogP contribution in [-0.4, -0.2) is 38.2 Å². The number of likely N-dealkylation sites (N-methyl/N-ethyl adjacent to an activating group) is 1. The number of nitrogens with zero attached hydrogens (tertiary/aromatic N) is 1. The SMILES string of the molecule is CCc1cccc(OCCC(N)CN(C)C)c1. The summed E-state index contributed by atoms with van der Waals surface area (Å²) in [7, 11) is 4.07. The van der Waals surface area contributed by atoms with Gasteiger partial charge in [0.25, 0.3) is 0 Å². The Labute approximate surface area is 105 Å². The van der Waals surface area contributed by atoms with Gasteiger partial charge in [-0.05, 0) is 44.6 Å². The lowest BCUT2D eigenvalue weighted by atomic mass is 10.2. The second kappa shape index (κ2) is 7.30. The number of benzene rings is 1. The van der Waals surface area contributed by atoms with Crippen LogP contribution in [0, 0.1) is 0 Å². The maximum absolute atomic E-state index is 5.97. The largest absolute Gasteiger partial charge is 0.494 e. The van der Waals surface area contributed by atoms with Crippen molar-refractivity contribution in [2.75, 3.05) is 27.2 Å². The Hall–Kier alpha value is -1.06. The number of rotatable bonds is 7. The standard InChI is InChI=1S/C14H24N2O/c1-4-12-6-5-7-14(10-12)17-9-8-13(15)11-16(2)3/h5-7,10,13H,4,8-9,11,15H2,1-3H3. The Balaban J connectivity index is 2.30. The van der Waals surface area contributed by atoms with Crippen LogP contribution in [-0.2, 0) is 6.42 Å². The van der Waals surface area contributed by atoms with E-state index in [1.54, 1.807) is 0 Å². The molecule has 17 heavy (non-hydrogen) atoms. The lowest BCUT2D eigenvalue weighted by Crippen LogP contribution is -2.34. The highest BCUT2D eigenvalue weighted by atomic mass is 16.5. The van der Waals surface area contributed by atoms with Gasteiger partial charge in [-0.25, -0.2) is 0 Å². The summed E-state index contributed by atoms with van der Waals surface area (Å²) in [5.74, 6) is 0.946. The van der Waals surface area contributed by atoms with Crippen LogP contribution in [0.15, 0.2) is 24.3 Å². The van der Waals surface area contributed by atoms with E-state index in [0.29, 0.717) is 6.61 Å². The van der Waals surface area contributed by atoms with Crippen molar-refractivity contribution in [3.8, 4) is 5.75 Å². The summed E-state index contributed by atoms with van der Waals surface area (Å²) >= 11 is 0. The summed E-state index contributed by atoms with van der Waals surface area (Å²) < 4.78 is 5.70. The van der Waals surface area contributed by atoms with Gasteiger partial charge in [0.05, 0.1) is 6.61 Å². The van der Waals surface area contributed by atoms with Gasteiger partial charge in [0, 0.05) is 12.6 Å². The van der Waals surface area contributed by atoms with Gasteiger partial charge in [-0.1, -0.05) is 19.1 Å². The predicted octanol–water partition coefficient (Wildman–Crippen LogP) is 1.91. The molecule has 1 atom stereocenters. The average Bonchev–Trinajstić information content (AvgIpc) is 2.28. The van der Waals surface area contributed by atoms with Crippen LogP contribution in [0.3, 0.4) is 0 Å². The first kappa shape index (κ1) is 14.0. The van der Waals surface area contributed by atoms with Gasteiger partial charge < -0.3 is 15.4 Å². The number of hydrogen-bond acceptors (Lipinski definition) is 3. The maximum Gasteiger partial charge on any atom is 0.119 e. The molecule has 3 nitrogen and oxygen atoms in total. The minimum atomic E-state index is 0.180. The molecule has 0 saturated carbocycles. The van der Waals surface area contributed by atoms with Crippen molar-refractivity contribution >= 4 is 0 Å². The number of nitrogens with two attached hydrogens (primary N) is 1. The van der Waals surface area contributed by atoms with E-state index in [2.05, 4.69) is 24.0 Å². The molecule has 3 heteroatoms. The van der Waals surface area contributed by atoms with Crippen LogP contribution in [0.4, 0.5) is 0 Å². The minimum absolute atomic E-state index is 0.180. The summed E-state index contributed by atoms with van der Waals surface area (Å²) in [6.07, 6.45) is 1.92. The van der Waals surface area contributed by atoms with Gasteiger partial charge in [-0.2, -0.15) is 0 Å². The van der Waals surface area contributed by atoms with Crippen molar-refractivity contribution in [2.45, 2.75) is 25.8 Å². The van der Waals surface area contributed by atoms with Crippen molar-refractivity contribution in [3.63, 3.8) is 0 Å². The molecule has 1 aromatic rings. The van der Waals surface area contributed by atoms with E-state index < -0.39 is 0 Å². The maximum atomic E-state index is 5.97. The van der Waals surface area contributed by atoms with Crippen LogP contribution < -0.4 is 10.5 Å². The molecule has 0 aliphatic heterocycles. The normalized spacial score (nSPS) is 12.8. The topological polar surface area (TPSA) is 38.5 Å². The second-order valence-corrected chi connectivity index (χ2v) is 4.66. The Morgan fingerprint density at radius 1 is 1.35 bits per heavy atom. The molecule has 0 bridgehead atoms. The molecule has 0 saturated heterocycles. The highest BCUT2D eigenvalue weighted by molar-refractivity contribution is 5.28. The molecule has 0 fully saturated rings. The molecule has 1 aromatic carbocycles. The molecule has 0 spiro atoms. The van der Waals surface area contributed by atoms with Crippen molar-refractivity contribution in [1.82, 2.24) is 4.90 Å². The zero-order valence-electron chi connectivity index (χ0n) is 11.1. The first-order valence-electron chi connectivity index (χ1n) is 6.24. The molecule has 0 aliphatic rings. The molecule has 0 aliphatic carbocycles. The third kappa shape index (κ3) is 5.71. The van der Waals surface area contributed by atoms with Gasteiger partial charge in [0.15, 0.2) is 0 Å². The smallest absolute Gasteiger partial charge is 0.119 e. The number of hydrogen-bond donors (Lipinski definition) is 1. The summed E-state index contributed by atoms with van der Waals surface area (Å²) in [4.78, 5) is 2.10. The lowest BCUT2D eigenvalue weighted by molar-refractivity contribution is 0.277. The van der Waals surface area contributed by atoms with Crippen LogP contribution in [0.5, 0.6) is 5.75 Å². The van der Waals surface area contributed by atoms with Crippen LogP contribution in [0.25, 0.3) is 0 Å². The van der Waals surface area contributed by atoms with Gasteiger partial charge in [0.1, 0.15) is 5.75 Å². The molecule has 1 rings (SSSR count). The molecular weight excluding hydrogens is 212 g/mol. The summed E-state index contributed by atoms with van der Waals surface area (Å²) in [6.45, 7) is 3.73. The summed E-state index contributed by atoms with van der Waals surface area (Å²) in [5, 5.41) is 0. The zero-order chi connectivity index (χ0) is 12.7. The van der Waals surface area contributed by atoms with Crippen LogP contribution in [0.1, 0.15) is 18.9 Å². The second-order valence-electron chi connectivity index (χ2n) is 4.66. The van der Waals surface area contributed by atoms with E-state index in [4.69, 9.17) is 10.5 Å². The highest BCUT2D eigenvalue weighted by Crippen LogP contribution is 2.13. The molecule has 0 amide bonds. The molecule has 0 aromatic heterocycles. The molecular formula is C14H24N2O. The Kier molecular flexibility index (Phi) is 6.01. The number of ether oxygens (including phenoxy) is 1. The van der Waals surface area contributed by atoms with E-state index in [9.17, 15) is 0 Å². The lowest BCUT2D eigenvalue weighted by Gasteiger charge is -2.17. The monoisotopic (exact) mass is 236 g/mol. The van der Waals surface area contributed by atoms with E-state index in [1.165, 1.54) is 5.56 Å². The van der Waals surface area contributed by atoms with Gasteiger partial charge in [-0.3, -0.25) is 0 Å². The molecule has 96 valence electrons. The Morgan fingerprint density at radius 3 is 2.76 bits per heavy atom. The minimum Gasteiger partial charge on any atom is -0.494 e. The van der Waals surface area contributed by atoms with Gasteiger partial charge in [-0.15, -0.1) is 0 Å². The Bertz CT molecular complexity index is 326. The predicted molar refractivity (Wildman–Crippen MR) is 72.5 cm³/mol. The molecule has 0 heterocycles. The fourth-order valence-corrected chi connectivity index (χ4v) is 1.74. The van der Waals surface area contributed by atoms with E-state index in [-0.39, 0.29) is 6.04 Å². The summed E-state index contributed by atoms with van der Waals surface area (Å²) in [5.41, 5.74) is 7.28. The average molecular weight is 236 g/mol. The van der Waals surface area contributed by atoms with E-state index in [0.717, 1.165) is 25.1 Å². The molecule has 1 unspecified atom stereocenters. The fraction of sp³-hybridized carbons (Fsp3) is 0.571. The summed E-state index contributed by atoms with van der Waals surface area (Å²) in [6, 6.07) is 8.42. The van der Waals surface area contributed by atoms with Crippen LogP contribution in [0.2, 0.25) is 0 Å². The first-order valence-corrected chi connectivity index (χ1v) is 6.24. The third-order valence-corrected chi connectivity index (χ3v) is 2.66. The van der Waals surface area contributed by atoms with Crippen molar-refractivity contribution in [3.05, 3.63) is 29.8 Å². The number of aryl methyl sites for hydroxylation is 1. The fourth-order valence-electron chi connectivity index (χ4n) is 1.74. The van der Waals surface area contributed by atoms with Crippen LogP contribution >= 0.6 is 0 Å². The van der Waals surface area contributed by atoms with E-state index >= 15 is 0 Å². The third-order valence-electron chi connectivity index (χ3n) is 2.66.